The number of benzene rings is 2. The summed E-state index contributed by atoms with van der Waals surface area (Å²) < 4.78 is 13.0. The molecule has 2 N–H and O–H groups in total. The Balaban J connectivity index is 1.45. The number of hydrogen-bond donors (Lipinski definition) is 2. The first-order valence-corrected chi connectivity index (χ1v) is 10.7. The van der Waals surface area contributed by atoms with E-state index in [9.17, 15) is 4.79 Å². The van der Waals surface area contributed by atoms with Crippen molar-refractivity contribution >= 4 is 17.4 Å². The number of methoxy groups -OCH3 is 1. The first-order valence-electron chi connectivity index (χ1n) is 10.7. The van der Waals surface area contributed by atoms with Gasteiger partial charge in [-0.05, 0) is 69.7 Å². The molecular formula is C25H26N6O3. The second kappa shape index (κ2) is 9.62. The predicted octanol–water partition coefficient (Wildman–Crippen LogP) is 5.34. The van der Waals surface area contributed by atoms with Crippen LogP contribution >= 0.6 is 0 Å². The van der Waals surface area contributed by atoms with Crippen LogP contribution in [0.4, 0.5) is 16.2 Å². The van der Waals surface area contributed by atoms with Crippen LogP contribution in [-0.4, -0.2) is 32.9 Å². The van der Waals surface area contributed by atoms with E-state index in [0.717, 1.165) is 17.0 Å². The molecule has 0 spiro atoms. The zero-order chi connectivity index (χ0) is 24.2. The molecule has 0 aliphatic heterocycles. The minimum Gasteiger partial charge on any atom is -0.495 e. The lowest BCUT2D eigenvalue weighted by Gasteiger charge is -2.12. The molecule has 2 amide bonds. The lowest BCUT2D eigenvalue weighted by Crippen LogP contribution is -2.19. The van der Waals surface area contributed by atoms with E-state index in [2.05, 4.69) is 25.7 Å². The van der Waals surface area contributed by atoms with Gasteiger partial charge in [0.2, 0.25) is 5.88 Å². The summed E-state index contributed by atoms with van der Waals surface area (Å²) in [6, 6.07) is 15.6. The smallest absolute Gasteiger partial charge is 0.323 e. The summed E-state index contributed by atoms with van der Waals surface area (Å²) in [4.78, 5) is 21.2. The number of ether oxygens (including phenoxy) is 2. The minimum atomic E-state index is -0.380. The number of para-hydroxylation sites is 2. The van der Waals surface area contributed by atoms with E-state index in [-0.39, 0.29) is 6.03 Å². The number of hydrogen-bond acceptors (Lipinski definition) is 6. The number of aryl methyl sites for hydroxylation is 2. The van der Waals surface area contributed by atoms with Gasteiger partial charge in [0.1, 0.15) is 17.3 Å². The van der Waals surface area contributed by atoms with Crippen LogP contribution < -0.4 is 20.1 Å². The van der Waals surface area contributed by atoms with Gasteiger partial charge in [-0.1, -0.05) is 12.1 Å². The maximum Gasteiger partial charge on any atom is 0.323 e. The van der Waals surface area contributed by atoms with E-state index in [1.165, 1.54) is 0 Å². The molecule has 34 heavy (non-hydrogen) atoms. The van der Waals surface area contributed by atoms with Gasteiger partial charge in [0.25, 0.3) is 0 Å². The molecule has 2 aromatic carbocycles. The number of amides is 2. The summed E-state index contributed by atoms with van der Waals surface area (Å²) in [5.74, 6) is 2.77. The van der Waals surface area contributed by atoms with Crippen molar-refractivity contribution in [2.24, 2.45) is 0 Å². The lowest BCUT2D eigenvalue weighted by molar-refractivity contribution is 0.262. The molecular weight excluding hydrogens is 432 g/mol. The Morgan fingerprint density at radius 2 is 1.68 bits per heavy atom. The number of aromatic nitrogens is 4. The van der Waals surface area contributed by atoms with E-state index >= 15 is 0 Å². The summed E-state index contributed by atoms with van der Waals surface area (Å²) in [5.41, 5.74) is 4.28. The van der Waals surface area contributed by atoms with Crippen LogP contribution in [0.2, 0.25) is 0 Å². The topological polar surface area (TPSA) is 103 Å². The highest BCUT2D eigenvalue weighted by atomic mass is 16.5. The number of rotatable bonds is 6. The van der Waals surface area contributed by atoms with Crippen LogP contribution in [0.15, 0.2) is 54.6 Å². The zero-order valence-electron chi connectivity index (χ0n) is 19.7. The van der Waals surface area contributed by atoms with Crippen LogP contribution in [0, 0.1) is 27.7 Å². The molecule has 0 atom stereocenters. The number of urea groups is 1. The van der Waals surface area contributed by atoms with Crippen molar-refractivity contribution in [2.45, 2.75) is 27.7 Å². The van der Waals surface area contributed by atoms with Gasteiger partial charge in [-0.2, -0.15) is 10.1 Å². The second-order valence-electron chi connectivity index (χ2n) is 7.73. The van der Waals surface area contributed by atoms with Gasteiger partial charge in [0, 0.05) is 17.4 Å². The van der Waals surface area contributed by atoms with Crippen LogP contribution in [-0.2, 0) is 0 Å². The van der Waals surface area contributed by atoms with Crippen molar-refractivity contribution in [1.29, 1.82) is 0 Å². The van der Waals surface area contributed by atoms with Gasteiger partial charge in [-0.15, -0.1) is 0 Å². The Kier molecular flexibility index (Phi) is 6.44. The molecule has 0 aliphatic carbocycles. The summed E-state index contributed by atoms with van der Waals surface area (Å²) in [7, 11) is 1.55. The predicted molar refractivity (Wildman–Crippen MR) is 130 cm³/mol. The first kappa shape index (κ1) is 22.8. The Hall–Kier alpha value is -4.40. The molecule has 2 heterocycles. The van der Waals surface area contributed by atoms with Gasteiger partial charge in [-0.3, -0.25) is 0 Å². The van der Waals surface area contributed by atoms with Crippen LogP contribution in [0.3, 0.4) is 0 Å². The Labute approximate surface area is 197 Å². The van der Waals surface area contributed by atoms with E-state index in [0.29, 0.717) is 40.4 Å². The fraction of sp³-hybridized carbons (Fsp3) is 0.200. The fourth-order valence-corrected chi connectivity index (χ4v) is 3.39. The monoisotopic (exact) mass is 458 g/mol. The quantitative estimate of drug-likeness (QED) is 0.404. The molecule has 9 heteroatoms. The zero-order valence-corrected chi connectivity index (χ0v) is 19.7. The average Bonchev–Trinajstić information content (AvgIpc) is 3.07. The number of nitrogens with zero attached hydrogens (tertiary/aromatic N) is 4. The highest BCUT2D eigenvalue weighted by molar-refractivity contribution is 6.00. The van der Waals surface area contributed by atoms with Crippen molar-refractivity contribution in [1.82, 2.24) is 19.7 Å². The van der Waals surface area contributed by atoms with Gasteiger partial charge in [-0.25, -0.2) is 14.5 Å². The van der Waals surface area contributed by atoms with Crippen molar-refractivity contribution < 1.29 is 14.3 Å². The van der Waals surface area contributed by atoms with E-state index in [1.807, 2.05) is 39.8 Å². The molecule has 2 aromatic heterocycles. The molecule has 9 nitrogen and oxygen atoms in total. The average molecular weight is 459 g/mol. The number of nitrogens with one attached hydrogen (secondary N) is 2. The van der Waals surface area contributed by atoms with E-state index in [4.69, 9.17) is 9.47 Å². The van der Waals surface area contributed by atoms with Gasteiger partial charge >= 0.3 is 6.03 Å². The molecule has 174 valence electrons. The van der Waals surface area contributed by atoms with Crippen LogP contribution in [0.1, 0.15) is 22.8 Å². The molecule has 0 bridgehead atoms. The second-order valence-corrected chi connectivity index (χ2v) is 7.73. The van der Waals surface area contributed by atoms with Crippen molar-refractivity contribution in [3.05, 3.63) is 77.4 Å². The molecule has 0 radical (unpaired) electrons. The molecule has 0 saturated carbocycles. The largest absolute Gasteiger partial charge is 0.495 e. The molecule has 0 fully saturated rings. The van der Waals surface area contributed by atoms with Crippen molar-refractivity contribution in [2.75, 3.05) is 17.7 Å². The third-order valence-corrected chi connectivity index (χ3v) is 5.36. The maximum atomic E-state index is 12.4. The van der Waals surface area contributed by atoms with E-state index < -0.39 is 0 Å². The fourth-order valence-electron chi connectivity index (χ4n) is 3.39. The minimum absolute atomic E-state index is 0.380. The summed E-state index contributed by atoms with van der Waals surface area (Å²) >= 11 is 0. The third kappa shape index (κ3) is 4.98. The standard InChI is InChI=1S/C25H26N6O3/c1-15-16(2)30-31(17(15)3)23-14-24(27-18(4)26-23)34-20-12-10-19(11-13-20)28-25(32)29-21-8-6-7-9-22(21)33-5/h6-14H,1-5H3,(H2,28,29,32). The number of anilines is 2. The lowest BCUT2D eigenvalue weighted by atomic mass is 10.2. The highest BCUT2D eigenvalue weighted by Gasteiger charge is 2.13. The summed E-state index contributed by atoms with van der Waals surface area (Å²) in [6.45, 7) is 7.81. The summed E-state index contributed by atoms with van der Waals surface area (Å²) in [6.07, 6.45) is 0. The molecule has 4 aromatic rings. The maximum absolute atomic E-state index is 12.4. The Morgan fingerprint density at radius 1 is 0.941 bits per heavy atom. The first-order chi connectivity index (χ1) is 16.3. The molecule has 0 aliphatic rings. The van der Waals surface area contributed by atoms with Crippen molar-refractivity contribution in [3.63, 3.8) is 0 Å². The van der Waals surface area contributed by atoms with Crippen LogP contribution in [0.25, 0.3) is 5.82 Å². The summed E-state index contributed by atoms with van der Waals surface area (Å²) in [5, 5.41) is 10.1. The van der Waals surface area contributed by atoms with E-state index in [1.54, 1.807) is 54.3 Å². The molecule has 0 saturated heterocycles. The normalized spacial score (nSPS) is 10.6. The third-order valence-electron chi connectivity index (χ3n) is 5.36. The highest BCUT2D eigenvalue weighted by Crippen LogP contribution is 2.25. The molecule has 0 unspecified atom stereocenters. The molecule has 4 rings (SSSR count). The Morgan fingerprint density at radius 3 is 2.35 bits per heavy atom. The van der Waals surface area contributed by atoms with Gasteiger partial charge in [0.05, 0.1) is 18.5 Å². The van der Waals surface area contributed by atoms with Gasteiger partial charge < -0.3 is 20.1 Å². The van der Waals surface area contributed by atoms with Gasteiger partial charge in [0.15, 0.2) is 5.82 Å². The number of carbonyl (C=O) groups is 1. The SMILES string of the molecule is COc1ccccc1NC(=O)Nc1ccc(Oc2cc(-n3nc(C)c(C)c3C)nc(C)n2)cc1. The van der Waals surface area contributed by atoms with Crippen LogP contribution in [0.5, 0.6) is 17.4 Å². The van der Waals surface area contributed by atoms with Crippen molar-refractivity contribution in [3.8, 4) is 23.2 Å². The Bertz CT molecular complexity index is 1330. The number of carbonyl (C=O) groups excluding carboxylic acids is 1.